The van der Waals surface area contributed by atoms with Crippen LogP contribution in [0.1, 0.15) is 35.2 Å². The first-order valence-corrected chi connectivity index (χ1v) is 10.4. The minimum atomic E-state index is 0.343. The molecule has 2 aromatic heterocycles. The Kier molecular flexibility index (Phi) is 5.77. The van der Waals surface area contributed by atoms with E-state index in [2.05, 4.69) is 44.6 Å². The molecule has 1 aliphatic heterocycles. The highest BCUT2D eigenvalue weighted by Gasteiger charge is 2.21. The number of pyridine rings is 1. The summed E-state index contributed by atoms with van der Waals surface area (Å²) < 4.78 is 0. The molecule has 0 bridgehead atoms. The number of aromatic nitrogens is 3. The van der Waals surface area contributed by atoms with Crippen molar-refractivity contribution in [1.82, 2.24) is 19.9 Å². The van der Waals surface area contributed by atoms with Gasteiger partial charge in [-0.05, 0) is 56.0 Å². The molecule has 1 aromatic carbocycles. The second-order valence-corrected chi connectivity index (χ2v) is 7.93. The average molecular weight is 402 g/mol. The lowest BCUT2D eigenvalue weighted by molar-refractivity contribution is 0.211. The van der Waals surface area contributed by atoms with E-state index in [-0.39, 0.29) is 0 Å². The fourth-order valence-corrected chi connectivity index (χ4v) is 4.08. The summed E-state index contributed by atoms with van der Waals surface area (Å²) in [7, 11) is 1.88. The van der Waals surface area contributed by atoms with Gasteiger partial charge in [-0.15, -0.1) is 0 Å². The molecule has 2 N–H and O–H groups in total. The van der Waals surface area contributed by atoms with Crippen molar-refractivity contribution in [3.8, 4) is 6.07 Å². The van der Waals surface area contributed by atoms with Crippen LogP contribution >= 0.6 is 0 Å². The SMILES string of the molecule is CNc1nc(NC2CCN(Cc3ccc(C#N)cc3)CC2)nc2nc(C)cc(C)c12. The zero-order valence-corrected chi connectivity index (χ0v) is 17.7. The van der Waals surface area contributed by atoms with Gasteiger partial charge >= 0.3 is 0 Å². The van der Waals surface area contributed by atoms with Crippen LogP contribution in [0.25, 0.3) is 11.0 Å². The van der Waals surface area contributed by atoms with Gasteiger partial charge in [-0.2, -0.15) is 15.2 Å². The third-order valence-corrected chi connectivity index (χ3v) is 5.64. The number of nitrogens with one attached hydrogen (secondary N) is 2. The van der Waals surface area contributed by atoms with Gasteiger partial charge in [0.25, 0.3) is 0 Å². The van der Waals surface area contributed by atoms with Crippen LogP contribution in [0.5, 0.6) is 0 Å². The molecular formula is C23H27N7. The van der Waals surface area contributed by atoms with Gasteiger partial charge in [-0.1, -0.05) is 12.1 Å². The van der Waals surface area contributed by atoms with Crippen molar-refractivity contribution in [2.75, 3.05) is 30.8 Å². The first kappa shape index (κ1) is 20.0. The van der Waals surface area contributed by atoms with Crippen LogP contribution in [0.15, 0.2) is 30.3 Å². The predicted molar refractivity (Wildman–Crippen MR) is 119 cm³/mol. The van der Waals surface area contributed by atoms with E-state index < -0.39 is 0 Å². The summed E-state index contributed by atoms with van der Waals surface area (Å²) in [5.74, 6) is 1.45. The zero-order valence-electron chi connectivity index (χ0n) is 17.7. The molecule has 0 aliphatic carbocycles. The molecule has 1 fully saturated rings. The second-order valence-electron chi connectivity index (χ2n) is 7.93. The number of piperidine rings is 1. The number of benzene rings is 1. The predicted octanol–water partition coefficient (Wildman–Crippen LogP) is 3.63. The molecule has 0 amide bonds. The molecule has 0 spiro atoms. The summed E-state index contributed by atoms with van der Waals surface area (Å²) in [4.78, 5) is 16.4. The normalized spacial score (nSPS) is 15.1. The minimum absolute atomic E-state index is 0.343. The van der Waals surface area contributed by atoms with E-state index >= 15 is 0 Å². The smallest absolute Gasteiger partial charge is 0.226 e. The van der Waals surface area contributed by atoms with Crippen LogP contribution < -0.4 is 10.6 Å². The molecule has 7 nitrogen and oxygen atoms in total. The quantitative estimate of drug-likeness (QED) is 0.675. The van der Waals surface area contributed by atoms with E-state index in [1.54, 1.807) is 0 Å². The fraction of sp³-hybridized carbons (Fsp3) is 0.391. The summed E-state index contributed by atoms with van der Waals surface area (Å²) in [6.07, 6.45) is 2.07. The lowest BCUT2D eigenvalue weighted by Crippen LogP contribution is -2.39. The minimum Gasteiger partial charge on any atom is -0.372 e. The number of aryl methyl sites for hydroxylation is 2. The highest BCUT2D eigenvalue weighted by molar-refractivity contribution is 5.90. The maximum absolute atomic E-state index is 8.93. The highest BCUT2D eigenvalue weighted by Crippen LogP contribution is 2.25. The molecule has 0 saturated carbocycles. The first-order valence-electron chi connectivity index (χ1n) is 10.4. The van der Waals surface area contributed by atoms with Crippen LogP contribution in [0.3, 0.4) is 0 Å². The standard InChI is InChI=1S/C23H27N7/c1-15-12-16(2)26-22-20(15)21(25-3)28-23(29-22)27-19-8-10-30(11-9-19)14-18-6-4-17(13-24)5-7-18/h4-7,12,19H,8-11,14H2,1-3H3,(H2,25,26,27,28,29). The van der Waals surface area contributed by atoms with Crippen molar-refractivity contribution in [3.63, 3.8) is 0 Å². The molecule has 30 heavy (non-hydrogen) atoms. The Labute approximate surface area is 177 Å². The summed E-state index contributed by atoms with van der Waals surface area (Å²) in [5, 5.41) is 16.6. The number of likely N-dealkylation sites (tertiary alicyclic amines) is 1. The third-order valence-electron chi connectivity index (χ3n) is 5.64. The van der Waals surface area contributed by atoms with Crippen molar-refractivity contribution >= 4 is 22.8 Å². The number of rotatable bonds is 5. The molecule has 7 heteroatoms. The molecule has 3 aromatic rings. The van der Waals surface area contributed by atoms with Gasteiger partial charge in [0.05, 0.1) is 17.0 Å². The molecule has 0 atom stereocenters. The van der Waals surface area contributed by atoms with Crippen LogP contribution in [0.4, 0.5) is 11.8 Å². The summed E-state index contributed by atoms with van der Waals surface area (Å²) in [6.45, 7) is 7.00. The van der Waals surface area contributed by atoms with Crippen LogP contribution in [-0.2, 0) is 6.54 Å². The Balaban J connectivity index is 1.41. The number of nitriles is 1. The monoisotopic (exact) mass is 401 g/mol. The van der Waals surface area contributed by atoms with E-state index in [0.29, 0.717) is 17.6 Å². The zero-order chi connectivity index (χ0) is 21.1. The number of hydrogen-bond acceptors (Lipinski definition) is 7. The Morgan fingerprint density at radius 2 is 1.83 bits per heavy atom. The van der Waals surface area contributed by atoms with Crippen molar-refractivity contribution in [2.24, 2.45) is 0 Å². The van der Waals surface area contributed by atoms with E-state index in [4.69, 9.17) is 10.2 Å². The van der Waals surface area contributed by atoms with Gasteiger partial charge in [0, 0.05) is 38.4 Å². The molecule has 154 valence electrons. The van der Waals surface area contributed by atoms with E-state index in [0.717, 1.165) is 60.6 Å². The third kappa shape index (κ3) is 4.34. The van der Waals surface area contributed by atoms with E-state index in [1.807, 2.05) is 38.2 Å². The van der Waals surface area contributed by atoms with Crippen LogP contribution in [-0.4, -0.2) is 46.0 Å². The van der Waals surface area contributed by atoms with Crippen molar-refractivity contribution in [1.29, 1.82) is 5.26 Å². The molecule has 4 rings (SSSR count). The van der Waals surface area contributed by atoms with Gasteiger partial charge in [0.2, 0.25) is 5.95 Å². The van der Waals surface area contributed by atoms with E-state index in [9.17, 15) is 0 Å². The molecule has 1 aliphatic rings. The van der Waals surface area contributed by atoms with Gasteiger partial charge < -0.3 is 10.6 Å². The molecule has 0 radical (unpaired) electrons. The van der Waals surface area contributed by atoms with Crippen molar-refractivity contribution in [2.45, 2.75) is 39.3 Å². The second kappa shape index (κ2) is 8.64. The molecule has 1 saturated heterocycles. The maximum Gasteiger partial charge on any atom is 0.226 e. The summed E-state index contributed by atoms with van der Waals surface area (Å²) >= 11 is 0. The molecular weight excluding hydrogens is 374 g/mol. The van der Waals surface area contributed by atoms with Crippen molar-refractivity contribution in [3.05, 3.63) is 52.7 Å². The first-order chi connectivity index (χ1) is 14.6. The average Bonchev–Trinajstić information content (AvgIpc) is 2.74. The van der Waals surface area contributed by atoms with Gasteiger partial charge in [-0.3, -0.25) is 4.90 Å². The number of nitrogens with zero attached hydrogens (tertiary/aromatic N) is 5. The van der Waals surface area contributed by atoms with Crippen LogP contribution in [0.2, 0.25) is 0 Å². The lowest BCUT2D eigenvalue weighted by atomic mass is 10.0. The topological polar surface area (TPSA) is 89.8 Å². The van der Waals surface area contributed by atoms with Crippen LogP contribution in [0, 0.1) is 25.2 Å². The van der Waals surface area contributed by atoms with Crippen molar-refractivity contribution < 1.29 is 0 Å². The van der Waals surface area contributed by atoms with Gasteiger partial charge in [-0.25, -0.2) is 4.98 Å². The summed E-state index contributed by atoms with van der Waals surface area (Å²) in [6, 6.07) is 12.4. The van der Waals surface area contributed by atoms with Gasteiger partial charge in [0.1, 0.15) is 5.82 Å². The number of hydrogen-bond donors (Lipinski definition) is 2. The Morgan fingerprint density at radius 3 is 2.50 bits per heavy atom. The Bertz CT molecular complexity index is 1080. The largest absolute Gasteiger partial charge is 0.372 e. The Morgan fingerprint density at radius 1 is 1.10 bits per heavy atom. The lowest BCUT2D eigenvalue weighted by Gasteiger charge is -2.32. The Hall–Kier alpha value is -3.24. The number of fused-ring (bicyclic) bond motifs is 1. The maximum atomic E-state index is 8.93. The summed E-state index contributed by atoms with van der Waals surface area (Å²) in [5.41, 5.74) is 4.77. The molecule has 3 heterocycles. The van der Waals surface area contributed by atoms with E-state index in [1.165, 1.54) is 5.56 Å². The molecule has 0 unspecified atom stereocenters. The van der Waals surface area contributed by atoms with Gasteiger partial charge in [0.15, 0.2) is 5.65 Å². The highest BCUT2D eigenvalue weighted by atomic mass is 15.2. The number of anilines is 2. The fourth-order valence-electron chi connectivity index (χ4n) is 4.08.